The van der Waals surface area contributed by atoms with E-state index in [0.717, 1.165) is 35.2 Å². The summed E-state index contributed by atoms with van der Waals surface area (Å²) in [5.74, 6) is 1.91. The summed E-state index contributed by atoms with van der Waals surface area (Å²) in [6.45, 7) is 0. The molecule has 0 radical (unpaired) electrons. The predicted molar refractivity (Wildman–Crippen MR) is 140 cm³/mol. The van der Waals surface area contributed by atoms with Crippen molar-refractivity contribution < 1.29 is 4.79 Å². The van der Waals surface area contributed by atoms with Crippen molar-refractivity contribution in [1.29, 1.82) is 0 Å². The van der Waals surface area contributed by atoms with Gasteiger partial charge in [-0.2, -0.15) is 0 Å². The number of hydrogen-bond donors (Lipinski definition) is 2. The van der Waals surface area contributed by atoms with E-state index in [4.69, 9.17) is 4.98 Å². The van der Waals surface area contributed by atoms with Gasteiger partial charge in [0.25, 0.3) is 0 Å². The summed E-state index contributed by atoms with van der Waals surface area (Å²) < 4.78 is 1.06. The van der Waals surface area contributed by atoms with Gasteiger partial charge in [-0.25, -0.2) is 4.98 Å². The van der Waals surface area contributed by atoms with Gasteiger partial charge in [-0.05, 0) is 43.6 Å². The molecule has 174 valence electrons. The van der Waals surface area contributed by atoms with Crippen LogP contribution in [0.1, 0.15) is 113 Å². The second-order valence-corrected chi connectivity index (χ2v) is 10.6. The maximum atomic E-state index is 13.4. The molecule has 2 aliphatic carbocycles. The fraction of sp³-hybridized carbons (Fsp3) is 0.769. The normalized spacial score (nSPS) is 20.1. The highest BCUT2D eigenvalue weighted by molar-refractivity contribution is 14.1. The standard InChI is InChI=1S/C26H42IN3O/c1-28-25-22(17-18-27)24(20-13-9-7-4-8-10-14-20)23(19-29-25)30-26(31)21-15-11-5-2-3-6-12-16-21/h19-21H,2-18H2,1H3,(H,28,29)(H,30,31). The molecule has 0 aliphatic heterocycles. The number of nitrogens with one attached hydrogen (secondary N) is 2. The lowest BCUT2D eigenvalue weighted by Crippen LogP contribution is -2.25. The highest BCUT2D eigenvalue weighted by Crippen LogP contribution is 2.40. The van der Waals surface area contributed by atoms with Crippen molar-refractivity contribution in [3.05, 3.63) is 17.3 Å². The number of carbonyl (C=O) groups excluding carboxylic acids is 1. The van der Waals surface area contributed by atoms with E-state index >= 15 is 0 Å². The second-order valence-electron chi connectivity index (χ2n) is 9.53. The molecule has 2 fully saturated rings. The Morgan fingerprint density at radius 1 is 0.935 bits per heavy atom. The topological polar surface area (TPSA) is 54.0 Å². The zero-order valence-electron chi connectivity index (χ0n) is 19.5. The maximum Gasteiger partial charge on any atom is 0.227 e. The average Bonchev–Trinajstić information content (AvgIpc) is 2.89. The molecular weight excluding hydrogens is 497 g/mol. The highest BCUT2D eigenvalue weighted by Gasteiger charge is 2.26. The van der Waals surface area contributed by atoms with Crippen LogP contribution in [0.2, 0.25) is 0 Å². The fourth-order valence-electron chi connectivity index (χ4n) is 5.57. The summed E-state index contributed by atoms with van der Waals surface area (Å²) in [4.78, 5) is 18.1. The molecule has 3 rings (SSSR count). The number of amides is 1. The predicted octanol–water partition coefficient (Wildman–Crippen LogP) is 7.62. The average molecular weight is 540 g/mol. The molecule has 1 aromatic rings. The van der Waals surface area contributed by atoms with Crippen LogP contribution in [0.4, 0.5) is 11.5 Å². The van der Waals surface area contributed by atoms with Crippen molar-refractivity contribution in [2.75, 3.05) is 22.1 Å². The van der Waals surface area contributed by atoms with Crippen molar-refractivity contribution in [2.24, 2.45) is 5.92 Å². The quantitative estimate of drug-likeness (QED) is 0.289. The molecule has 1 heterocycles. The lowest BCUT2D eigenvalue weighted by molar-refractivity contribution is -0.120. The molecular formula is C26H42IN3O. The van der Waals surface area contributed by atoms with E-state index in [-0.39, 0.29) is 11.8 Å². The first-order valence-corrected chi connectivity index (χ1v) is 14.3. The van der Waals surface area contributed by atoms with Crippen molar-refractivity contribution in [3.8, 4) is 0 Å². The molecule has 0 aromatic carbocycles. The molecule has 0 unspecified atom stereocenters. The number of nitrogens with zero attached hydrogens (tertiary/aromatic N) is 1. The van der Waals surface area contributed by atoms with Gasteiger partial charge in [0, 0.05) is 23.0 Å². The number of alkyl halides is 1. The molecule has 0 atom stereocenters. The van der Waals surface area contributed by atoms with Crippen LogP contribution in [0.25, 0.3) is 0 Å². The molecule has 0 bridgehead atoms. The van der Waals surface area contributed by atoms with Crippen LogP contribution in [0.3, 0.4) is 0 Å². The lowest BCUT2D eigenvalue weighted by Gasteiger charge is -2.27. The molecule has 2 saturated carbocycles. The van der Waals surface area contributed by atoms with Crippen LogP contribution in [-0.2, 0) is 11.2 Å². The Kier molecular flexibility index (Phi) is 10.9. The summed E-state index contributed by atoms with van der Waals surface area (Å²) in [5.41, 5.74) is 3.71. The molecule has 0 spiro atoms. The summed E-state index contributed by atoms with van der Waals surface area (Å²) in [5, 5.41) is 6.73. The van der Waals surface area contributed by atoms with E-state index < -0.39 is 0 Å². The fourth-order valence-corrected chi connectivity index (χ4v) is 6.11. The minimum Gasteiger partial charge on any atom is -0.373 e. The number of carbonyl (C=O) groups is 1. The number of rotatable bonds is 6. The van der Waals surface area contributed by atoms with E-state index in [1.165, 1.54) is 94.6 Å². The van der Waals surface area contributed by atoms with Crippen molar-refractivity contribution in [1.82, 2.24) is 4.98 Å². The maximum absolute atomic E-state index is 13.4. The van der Waals surface area contributed by atoms with Gasteiger partial charge >= 0.3 is 0 Å². The largest absolute Gasteiger partial charge is 0.373 e. The number of halogens is 1. The zero-order valence-corrected chi connectivity index (χ0v) is 21.6. The molecule has 0 saturated heterocycles. The van der Waals surface area contributed by atoms with Gasteiger partial charge in [-0.15, -0.1) is 0 Å². The SMILES string of the molecule is CNc1ncc(NC(=O)C2CCCCCCCC2)c(C2CCCCCCC2)c1CCI. The van der Waals surface area contributed by atoms with Crippen LogP contribution < -0.4 is 10.6 Å². The number of anilines is 2. The Labute approximate surface area is 203 Å². The van der Waals surface area contributed by atoms with Crippen LogP contribution in [0.5, 0.6) is 0 Å². The van der Waals surface area contributed by atoms with E-state index in [9.17, 15) is 4.79 Å². The van der Waals surface area contributed by atoms with Crippen LogP contribution >= 0.6 is 22.6 Å². The Morgan fingerprint density at radius 3 is 2.03 bits per heavy atom. The minimum absolute atomic E-state index is 0.153. The molecule has 4 nitrogen and oxygen atoms in total. The summed E-state index contributed by atoms with van der Waals surface area (Å²) in [6, 6.07) is 0. The van der Waals surface area contributed by atoms with E-state index in [1.807, 2.05) is 13.2 Å². The van der Waals surface area contributed by atoms with Gasteiger partial charge < -0.3 is 10.6 Å². The monoisotopic (exact) mass is 539 g/mol. The highest BCUT2D eigenvalue weighted by atomic mass is 127. The van der Waals surface area contributed by atoms with Crippen LogP contribution in [-0.4, -0.2) is 22.4 Å². The number of pyridine rings is 1. The van der Waals surface area contributed by atoms with Gasteiger partial charge in [0.1, 0.15) is 5.82 Å². The lowest BCUT2D eigenvalue weighted by atomic mass is 9.82. The van der Waals surface area contributed by atoms with Crippen molar-refractivity contribution >= 4 is 40.0 Å². The van der Waals surface area contributed by atoms with Gasteiger partial charge in [-0.3, -0.25) is 4.79 Å². The van der Waals surface area contributed by atoms with Crippen LogP contribution in [0, 0.1) is 5.92 Å². The Hall–Kier alpha value is -0.850. The first-order valence-electron chi connectivity index (χ1n) is 12.8. The Morgan fingerprint density at radius 2 is 1.48 bits per heavy atom. The summed E-state index contributed by atoms with van der Waals surface area (Å²) in [6.07, 6.45) is 21.7. The van der Waals surface area contributed by atoms with E-state index in [0.29, 0.717) is 5.92 Å². The van der Waals surface area contributed by atoms with Gasteiger partial charge in [-0.1, -0.05) is 93.2 Å². The number of hydrogen-bond acceptors (Lipinski definition) is 3. The second kappa shape index (κ2) is 13.6. The molecule has 2 N–H and O–H groups in total. The van der Waals surface area contributed by atoms with Crippen molar-refractivity contribution in [3.63, 3.8) is 0 Å². The zero-order chi connectivity index (χ0) is 21.9. The smallest absolute Gasteiger partial charge is 0.227 e. The third-order valence-electron chi connectivity index (χ3n) is 7.30. The molecule has 5 heteroatoms. The molecule has 31 heavy (non-hydrogen) atoms. The van der Waals surface area contributed by atoms with Gasteiger partial charge in [0.05, 0.1) is 11.9 Å². The number of aromatic nitrogens is 1. The third-order valence-corrected chi connectivity index (χ3v) is 7.84. The van der Waals surface area contributed by atoms with Crippen LogP contribution in [0.15, 0.2) is 6.20 Å². The van der Waals surface area contributed by atoms with Crippen molar-refractivity contribution in [2.45, 2.75) is 109 Å². The third kappa shape index (κ3) is 7.33. The molecule has 1 amide bonds. The van der Waals surface area contributed by atoms with E-state index in [2.05, 4.69) is 33.2 Å². The Bertz CT molecular complexity index is 675. The Balaban J connectivity index is 1.88. The first kappa shape index (κ1) is 24.8. The van der Waals surface area contributed by atoms with Gasteiger partial charge in [0.2, 0.25) is 5.91 Å². The molecule has 1 aromatic heterocycles. The summed E-state index contributed by atoms with van der Waals surface area (Å²) >= 11 is 2.47. The van der Waals surface area contributed by atoms with Gasteiger partial charge in [0.15, 0.2) is 0 Å². The molecule has 2 aliphatic rings. The summed E-state index contributed by atoms with van der Waals surface area (Å²) in [7, 11) is 1.97. The first-order chi connectivity index (χ1) is 15.2. The minimum atomic E-state index is 0.153. The van der Waals surface area contributed by atoms with E-state index in [1.54, 1.807) is 0 Å².